The van der Waals surface area contributed by atoms with Crippen molar-refractivity contribution in [2.45, 2.75) is 13.3 Å². The van der Waals surface area contributed by atoms with E-state index in [2.05, 4.69) is 10.6 Å². The van der Waals surface area contributed by atoms with E-state index in [4.69, 9.17) is 14.2 Å². The third kappa shape index (κ3) is 5.24. The fraction of sp³-hybridized carbons (Fsp3) is 0.533. The molecule has 6 heteroatoms. The number of fused-ring (bicyclic) bond motifs is 1. The highest BCUT2D eigenvalue weighted by molar-refractivity contribution is 5.92. The average molecular weight is 294 g/mol. The first-order chi connectivity index (χ1) is 10.3. The minimum Gasteiger partial charge on any atom is -0.486 e. The van der Waals surface area contributed by atoms with Crippen LogP contribution in [-0.4, -0.2) is 45.4 Å². The highest BCUT2D eigenvalue weighted by atomic mass is 16.6. The lowest BCUT2D eigenvalue weighted by Crippen LogP contribution is -2.29. The van der Waals surface area contributed by atoms with Gasteiger partial charge in [0.25, 0.3) is 0 Å². The minimum atomic E-state index is -0.0805. The van der Waals surface area contributed by atoms with E-state index in [1.165, 1.54) is 0 Å². The topological polar surface area (TPSA) is 68.8 Å². The molecule has 0 aliphatic carbocycles. The number of carbonyl (C=O) groups excluding carboxylic acids is 1. The van der Waals surface area contributed by atoms with Crippen LogP contribution in [0.5, 0.6) is 11.5 Å². The summed E-state index contributed by atoms with van der Waals surface area (Å²) in [5.74, 6) is 1.31. The summed E-state index contributed by atoms with van der Waals surface area (Å²) in [5, 5.41) is 5.90. The standard InChI is InChI=1S/C15H22N2O4/c1-2-19-7-3-6-16-11-15(18)17-12-4-5-13-14(10-12)21-9-8-20-13/h4-5,10,16H,2-3,6-9,11H2,1H3,(H,17,18). The Morgan fingerprint density at radius 2 is 2.10 bits per heavy atom. The fourth-order valence-electron chi connectivity index (χ4n) is 1.97. The van der Waals surface area contributed by atoms with Crippen molar-refractivity contribution in [1.29, 1.82) is 0 Å². The van der Waals surface area contributed by atoms with E-state index >= 15 is 0 Å². The predicted molar refractivity (Wildman–Crippen MR) is 80.0 cm³/mol. The zero-order chi connectivity index (χ0) is 14.9. The lowest BCUT2D eigenvalue weighted by molar-refractivity contribution is -0.115. The molecule has 0 fully saturated rings. The van der Waals surface area contributed by atoms with E-state index in [1.807, 2.05) is 6.92 Å². The Kier molecular flexibility index (Phi) is 6.30. The van der Waals surface area contributed by atoms with Gasteiger partial charge >= 0.3 is 0 Å². The van der Waals surface area contributed by atoms with Crippen molar-refractivity contribution in [3.63, 3.8) is 0 Å². The Morgan fingerprint density at radius 3 is 2.90 bits per heavy atom. The van der Waals surface area contributed by atoms with E-state index in [0.29, 0.717) is 37.0 Å². The molecule has 6 nitrogen and oxygen atoms in total. The van der Waals surface area contributed by atoms with Gasteiger partial charge in [-0.25, -0.2) is 0 Å². The van der Waals surface area contributed by atoms with E-state index in [-0.39, 0.29) is 12.5 Å². The van der Waals surface area contributed by atoms with Crippen LogP contribution in [-0.2, 0) is 9.53 Å². The van der Waals surface area contributed by atoms with Crippen molar-refractivity contribution in [2.75, 3.05) is 44.8 Å². The summed E-state index contributed by atoms with van der Waals surface area (Å²) < 4.78 is 16.1. The van der Waals surface area contributed by atoms with Crippen LogP contribution in [0.15, 0.2) is 18.2 Å². The molecule has 0 saturated heterocycles. The second kappa shape index (κ2) is 8.49. The molecule has 1 aromatic rings. The third-order valence-electron chi connectivity index (χ3n) is 2.96. The third-order valence-corrected chi connectivity index (χ3v) is 2.96. The van der Waals surface area contributed by atoms with Crippen molar-refractivity contribution in [1.82, 2.24) is 5.32 Å². The van der Waals surface area contributed by atoms with Gasteiger partial charge in [0.05, 0.1) is 6.54 Å². The van der Waals surface area contributed by atoms with Gasteiger partial charge in [0, 0.05) is 25.0 Å². The van der Waals surface area contributed by atoms with E-state index in [9.17, 15) is 4.79 Å². The molecule has 1 aliphatic rings. The largest absolute Gasteiger partial charge is 0.486 e. The van der Waals surface area contributed by atoms with Crippen molar-refractivity contribution in [2.24, 2.45) is 0 Å². The summed E-state index contributed by atoms with van der Waals surface area (Å²) in [7, 11) is 0. The van der Waals surface area contributed by atoms with Gasteiger partial charge in [0.15, 0.2) is 11.5 Å². The minimum absolute atomic E-state index is 0.0805. The van der Waals surface area contributed by atoms with Crippen LogP contribution in [0.2, 0.25) is 0 Å². The number of benzene rings is 1. The molecule has 116 valence electrons. The van der Waals surface area contributed by atoms with Gasteiger partial charge in [-0.15, -0.1) is 0 Å². The number of hydrogen-bond donors (Lipinski definition) is 2. The number of amides is 1. The summed E-state index contributed by atoms with van der Waals surface area (Å²) in [6.45, 7) is 5.54. The number of carbonyl (C=O) groups is 1. The summed E-state index contributed by atoms with van der Waals surface area (Å²) in [6, 6.07) is 5.39. The monoisotopic (exact) mass is 294 g/mol. The molecule has 1 aliphatic heterocycles. The van der Waals surface area contributed by atoms with Gasteiger partial charge in [0.1, 0.15) is 13.2 Å². The predicted octanol–water partition coefficient (Wildman–Crippen LogP) is 1.41. The van der Waals surface area contributed by atoms with Crippen LogP contribution >= 0.6 is 0 Å². The molecule has 0 radical (unpaired) electrons. The molecular formula is C15H22N2O4. The smallest absolute Gasteiger partial charge is 0.238 e. The number of hydrogen-bond acceptors (Lipinski definition) is 5. The molecule has 0 atom stereocenters. The van der Waals surface area contributed by atoms with Gasteiger partial charge in [0.2, 0.25) is 5.91 Å². The molecule has 1 amide bonds. The Hall–Kier alpha value is -1.79. The molecule has 0 unspecified atom stereocenters. The van der Waals surface area contributed by atoms with Crippen LogP contribution in [0.25, 0.3) is 0 Å². The molecule has 0 spiro atoms. The lowest BCUT2D eigenvalue weighted by Gasteiger charge is -2.19. The molecule has 0 aromatic heterocycles. The van der Waals surface area contributed by atoms with E-state index in [1.54, 1.807) is 18.2 Å². The maximum Gasteiger partial charge on any atom is 0.238 e. The summed E-state index contributed by atoms with van der Waals surface area (Å²) in [4.78, 5) is 11.8. The Morgan fingerprint density at radius 1 is 1.29 bits per heavy atom. The van der Waals surface area contributed by atoms with Gasteiger partial charge in [-0.05, 0) is 32.0 Å². The molecular weight excluding hydrogens is 272 g/mol. The van der Waals surface area contributed by atoms with Crippen molar-refractivity contribution in [3.05, 3.63) is 18.2 Å². The van der Waals surface area contributed by atoms with Crippen molar-refractivity contribution in [3.8, 4) is 11.5 Å². The van der Waals surface area contributed by atoms with Gasteiger partial charge in [-0.2, -0.15) is 0 Å². The number of ether oxygens (including phenoxy) is 3. The molecule has 21 heavy (non-hydrogen) atoms. The molecule has 0 bridgehead atoms. The Labute approximate surface area is 124 Å². The van der Waals surface area contributed by atoms with Crippen LogP contribution in [0, 0.1) is 0 Å². The summed E-state index contributed by atoms with van der Waals surface area (Å²) in [5.41, 5.74) is 0.709. The quantitative estimate of drug-likeness (QED) is 0.710. The van der Waals surface area contributed by atoms with Crippen LogP contribution < -0.4 is 20.1 Å². The van der Waals surface area contributed by atoms with Crippen LogP contribution in [0.4, 0.5) is 5.69 Å². The molecule has 1 aromatic carbocycles. The maximum atomic E-state index is 11.8. The first-order valence-corrected chi connectivity index (χ1v) is 7.27. The number of nitrogens with one attached hydrogen (secondary N) is 2. The maximum absolute atomic E-state index is 11.8. The van der Waals surface area contributed by atoms with E-state index < -0.39 is 0 Å². The van der Waals surface area contributed by atoms with Crippen molar-refractivity contribution >= 4 is 11.6 Å². The second-order valence-corrected chi connectivity index (χ2v) is 4.63. The van der Waals surface area contributed by atoms with Crippen molar-refractivity contribution < 1.29 is 19.0 Å². The number of rotatable bonds is 8. The molecule has 2 rings (SSSR count). The van der Waals surface area contributed by atoms with Gasteiger partial charge < -0.3 is 24.8 Å². The normalized spacial score (nSPS) is 13.0. The molecule has 0 saturated carbocycles. The van der Waals surface area contributed by atoms with Gasteiger partial charge in [-0.3, -0.25) is 4.79 Å². The first-order valence-electron chi connectivity index (χ1n) is 7.27. The molecule has 1 heterocycles. The molecule has 2 N–H and O–H groups in total. The second-order valence-electron chi connectivity index (χ2n) is 4.63. The lowest BCUT2D eigenvalue weighted by atomic mass is 10.2. The number of anilines is 1. The van der Waals surface area contributed by atoms with Crippen LogP contribution in [0.1, 0.15) is 13.3 Å². The SMILES string of the molecule is CCOCCCNCC(=O)Nc1ccc2c(c1)OCCO2. The Balaban J connectivity index is 1.70. The Bertz CT molecular complexity index is 465. The van der Waals surface area contributed by atoms with E-state index in [0.717, 1.165) is 19.6 Å². The first kappa shape index (κ1) is 15.6. The average Bonchev–Trinajstić information content (AvgIpc) is 2.50. The van der Waals surface area contributed by atoms with Gasteiger partial charge in [-0.1, -0.05) is 0 Å². The summed E-state index contributed by atoms with van der Waals surface area (Å²) in [6.07, 6.45) is 0.894. The zero-order valence-electron chi connectivity index (χ0n) is 12.3. The highest BCUT2D eigenvalue weighted by Crippen LogP contribution is 2.32. The van der Waals surface area contributed by atoms with Crippen LogP contribution in [0.3, 0.4) is 0 Å². The zero-order valence-corrected chi connectivity index (χ0v) is 12.3. The highest BCUT2D eigenvalue weighted by Gasteiger charge is 2.12. The fourth-order valence-corrected chi connectivity index (χ4v) is 1.97. The summed E-state index contributed by atoms with van der Waals surface area (Å²) >= 11 is 0.